The van der Waals surface area contributed by atoms with Crippen molar-refractivity contribution in [1.82, 2.24) is 4.31 Å². The average molecular weight is 510 g/mol. The number of carbonyl (C=O) groups is 1. The summed E-state index contributed by atoms with van der Waals surface area (Å²) in [7, 11) is -5.64. The normalized spacial score (nSPS) is 15.0. The first-order valence-electron chi connectivity index (χ1n) is 11.1. The number of ether oxygens (including phenoxy) is 1. The van der Waals surface area contributed by atoms with E-state index in [9.17, 15) is 21.6 Å². The number of sulfonamides is 2. The number of para-hydroxylation sites is 2. The van der Waals surface area contributed by atoms with Crippen molar-refractivity contribution >= 4 is 37.3 Å². The Morgan fingerprint density at radius 2 is 1.65 bits per heavy atom. The summed E-state index contributed by atoms with van der Waals surface area (Å²) >= 11 is 0. The second-order valence-corrected chi connectivity index (χ2v) is 12.0. The molecule has 0 aliphatic carbocycles. The maximum absolute atomic E-state index is 12.7. The van der Waals surface area contributed by atoms with E-state index in [0.717, 1.165) is 25.5 Å². The zero-order valence-electron chi connectivity index (χ0n) is 19.4. The molecule has 1 heterocycles. The highest BCUT2D eigenvalue weighted by Gasteiger charge is 2.26. The molecule has 1 aliphatic rings. The number of benzene rings is 2. The highest BCUT2D eigenvalue weighted by Crippen LogP contribution is 2.29. The van der Waals surface area contributed by atoms with Gasteiger partial charge in [0.05, 0.1) is 23.9 Å². The van der Waals surface area contributed by atoms with Crippen LogP contribution >= 0.6 is 0 Å². The first-order chi connectivity index (χ1) is 16.1. The van der Waals surface area contributed by atoms with Crippen LogP contribution in [0.3, 0.4) is 0 Å². The van der Waals surface area contributed by atoms with Crippen LogP contribution in [0.5, 0.6) is 5.75 Å². The first-order valence-corrected chi connectivity index (χ1v) is 14.4. The van der Waals surface area contributed by atoms with Crippen LogP contribution in [0.1, 0.15) is 32.1 Å². The molecule has 1 aliphatic heterocycles. The number of piperidine rings is 1. The van der Waals surface area contributed by atoms with E-state index in [1.54, 1.807) is 36.4 Å². The Labute approximate surface area is 201 Å². The number of methoxy groups -OCH3 is 1. The summed E-state index contributed by atoms with van der Waals surface area (Å²) in [5, 5.41) is 2.73. The molecule has 0 saturated carbocycles. The Morgan fingerprint density at radius 1 is 1.00 bits per heavy atom. The highest BCUT2D eigenvalue weighted by atomic mass is 32.2. The van der Waals surface area contributed by atoms with Crippen molar-refractivity contribution in [2.75, 3.05) is 42.6 Å². The summed E-state index contributed by atoms with van der Waals surface area (Å²) < 4.78 is 58.1. The van der Waals surface area contributed by atoms with Gasteiger partial charge in [-0.3, -0.25) is 9.10 Å². The third-order valence-corrected chi connectivity index (χ3v) is 8.70. The molecule has 1 amide bonds. The van der Waals surface area contributed by atoms with E-state index in [0.29, 0.717) is 36.6 Å². The Morgan fingerprint density at radius 3 is 2.26 bits per heavy atom. The van der Waals surface area contributed by atoms with Crippen molar-refractivity contribution in [2.24, 2.45) is 0 Å². The molecule has 186 valence electrons. The van der Waals surface area contributed by atoms with E-state index in [-0.39, 0.29) is 23.8 Å². The minimum atomic E-state index is -3.57. The molecule has 2 aromatic carbocycles. The topological polar surface area (TPSA) is 113 Å². The zero-order valence-corrected chi connectivity index (χ0v) is 21.1. The Balaban J connectivity index is 1.58. The van der Waals surface area contributed by atoms with Gasteiger partial charge >= 0.3 is 0 Å². The second kappa shape index (κ2) is 11.2. The molecular formula is C23H31N3O6S2. The number of carbonyl (C=O) groups excluding carboxylic acids is 1. The van der Waals surface area contributed by atoms with E-state index in [1.807, 2.05) is 0 Å². The fraction of sp³-hybridized carbons (Fsp3) is 0.435. The van der Waals surface area contributed by atoms with E-state index in [4.69, 9.17) is 4.74 Å². The van der Waals surface area contributed by atoms with Gasteiger partial charge in [0.2, 0.25) is 26.0 Å². The molecule has 0 bridgehead atoms. The van der Waals surface area contributed by atoms with Crippen molar-refractivity contribution in [3.05, 3.63) is 48.5 Å². The van der Waals surface area contributed by atoms with Crippen LogP contribution in [0.15, 0.2) is 53.4 Å². The molecule has 0 atom stereocenters. The molecule has 0 unspecified atom stereocenters. The predicted octanol–water partition coefficient (Wildman–Crippen LogP) is 3.05. The van der Waals surface area contributed by atoms with Crippen LogP contribution in [0.25, 0.3) is 0 Å². The highest BCUT2D eigenvalue weighted by molar-refractivity contribution is 7.92. The van der Waals surface area contributed by atoms with Crippen molar-refractivity contribution in [1.29, 1.82) is 0 Å². The molecule has 0 radical (unpaired) electrons. The summed E-state index contributed by atoms with van der Waals surface area (Å²) in [6.07, 6.45) is 4.26. The number of rotatable bonds is 10. The number of nitrogens with one attached hydrogen (secondary N) is 1. The molecule has 0 aromatic heterocycles. The number of hydrogen-bond acceptors (Lipinski definition) is 6. The van der Waals surface area contributed by atoms with Crippen molar-refractivity contribution < 1.29 is 26.4 Å². The lowest BCUT2D eigenvalue weighted by molar-refractivity contribution is -0.116. The van der Waals surface area contributed by atoms with E-state index >= 15 is 0 Å². The number of hydrogen-bond donors (Lipinski definition) is 1. The molecule has 2 aromatic rings. The van der Waals surface area contributed by atoms with Gasteiger partial charge in [-0.25, -0.2) is 16.8 Å². The molecule has 9 nitrogen and oxygen atoms in total. The standard InChI is InChI=1S/C23H31N3O6S2/c1-32-22-10-5-4-9-21(22)26(33(2,28)29)18-8-11-23(27)24-19-12-14-20(15-13-19)34(30,31)25-16-6-3-7-17-25/h4-5,9-10,12-15H,3,6-8,11,16-18H2,1-2H3,(H,24,27). The summed E-state index contributed by atoms with van der Waals surface area (Å²) in [4.78, 5) is 12.6. The van der Waals surface area contributed by atoms with E-state index in [2.05, 4.69) is 5.32 Å². The minimum absolute atomic E-state index is 0.0923. The van der Waals surface area contributed by atoms with Crippen LogP contribution in [0, 0.1) is 0 Å². The lowest BCUT2D eigenvalue weighted by Crippen LogP contribution is -2.35. The van der Waals surface area contributed by atoms with Crippen LogP contribution < -0.4 is 14.4 Å². The SMILES string of the molecule is COc1ccccc1N(CCCC(=O)Nc1ccc(S(=O)(=O)N2CCCCC2)cc1)S(C)(=O)=O. The monoisotopic (exact) mass is 509 g/mol. The molecular weight excluding hydrogens is 478 g/mol. The van der Waals surface area contributed by atoms with Gasteiger partial charge in [0, 0.05) is 31.7 Å². The van der Waals surface area contributed by atoms with Crippen LogP contribution in [-0.2, 0) is 24.8 Å². The largest absolute Gasteiger partial charge is 0.495 e. The van der Waals surface area contributed by atoms with Gasteiger partial charge in [0.15, 0.2) is 0 Å². The van der Waals surface area contributed by atoms with Gasteiger partial charge in [0.25, 0.3) is 0 Å². The molecule has 0 spiro atoms. The maximum atomic E-state index is 12.7. The second-order valence-electron chi connectivity index (χ2n) is 8.15. The van der Waals surface area contributed by atoms with E-state index < -0.39 is 20.0 Å². The summed E-state index contributed by atoms with van der Waals surface area (Å²) in [6, 6.07) is 12.9. The van der Waals surface area contributed by atoms with Crippen molar-refractivity contribution in [2.45, 2.75) is 37.0 Å². The fourth-order valence-corrected chi connectivity index (χ4v) is 6.36. The summed E-state index contributed by atoms with van der Waals surface area (Å²) in [6.45, 7) is 1.17. The van der Waals surface area contributed by atoms with Gasteiger partial charge in [-0.05, 0) is 55.7 Å². The third-order valence-electron chi connectivity index (χ3n) is 5.61. The van der Waals surface area contributed by atoms with Crippen LogP contribution in [0.4, 0.5) is 11.4 Å². The summed E-state index contributed by atoms with van der Waals surface area (Å²) in [5.41, 5.74) is 0.894. The quantitative estimate of drug-likeness (QED) is 0.527. The van der Waals surface area contributed by atoms with Gasteiger partial charge in [-0.15, -0.1) is 0 Å². The summed E-state index contributed by atoms with van der Waals surface area (Å²) in [5.74, 6) is 0.136. The molecule has 3 rings (SSSR count). The molecule has 34 heavy (non-hydrogen) atoms. The van der Waals surface area contributed by atoms with Crippen LogP contribution in [0.2, 0.25) is 0 Å². The number of anilines is 2. The maximum Gasteiger partial charge on any atom is 0.243 e. The predicted molar refractivity (Wildman–Crippen MR) is 132 cm³/mol. The van der Waals surface area contributed by atoms with Gasteiger partial charge in [-0.2, -0.15) is 4.31 Å². The smallest absolute Gasteiger partial charge is 0.243 e. The Hall–Kier alpha value is -2.63. The lowest BCUT2D eigenvalue weighted by Gasteiger charge is -2.25. The van der Waals surface area contributed by atoms with E-state index in [1.165, 1.54) is 27.9 Å². The fourth-order valence-electron chi connectivity index (χ4n) is 3.87. The molecule has 1 N–H and O–H groups in total. The number of nitrogens with zero attached hydrogens (tertiary/aromatic N) is 2. The van der Waals surface area contributed by atoms with Crippen molar-refractivity contribution in [3.63, 3.8) is 0 Å². The lowest BCUT2D eigenvalue weighted by atomic mass is 10.2. The number of amides is 1. The molecule has 1 saturated heterocycles. The van der Waals surface area contributed by atoms with Gasteiger partial charge in [0.1, 0.15) is 5.75 Å². The van der Waals surface area contributed by atoms with Crippen molar-refractivity contribution in [3.8, 4) is 5.75 Å². The van der Waals surface area contributed by atoms with Gasteiger partial charge < -0.3 is 10.1 Å². The Bertz CT molecular complexity index is 1190. The molecule has 11 heteroatoms. The molecule has 1 fully saturated rings. The Kier molecular flexibility index (Phi) is 8.56. The van der Waals surface area contributed by atoms with Crippen LogP contribution in [-0.4, -0.2) is 60.0 Å². The minimum Gasteiger partial charge on any atom is -0.495 e. The average Bonchev–Trinajstić information content (AvgIpc) is 2.82. The first kappa shape index (κ1) is 26.0. The van der Waals surface area contributed by atoms with Gasteiger partial charge in [-0.1, -0.05) is 18.6 Å². The third kappa shape index (κ3) is 6.49. The zero-order chi connectivity index (χ0) is 24.8.